The van der Waals surface area contributed by atoms with Crippen LogP contribution in [0.25, 0.3) is 0 Å². The van der Waals surface area contributed by atoms with Crippen molar-refractivity contribution in [3.8, 4) is 0 Å². The summed E-state index contributed by atoms with van der Waals surface area (Å²) in [6, 6.07) is 0. The minimum absolute atomic E-state index is 0.222. The molecule has 0 radical (unpaired) electrons. The van der Waals surface area contributed by atoms with Gasteiger partial charge >= 0.3 is 5.97 Å². The van der Waals surface area contributed by atoms with Crippen molar-refractivity contribution in [1.82, 2.24) is 0 Å². The summed E-state index contributed by atoms with van der Waals surface area (Å²) in [7, 11) is -2.98. The van der Waals surface area contributed by atoms with Gasteiger partial charge in [-0.1, -0.05) is 0 Å². The summed E-state index contributed by atoms with van der Waals surface area (Å²) in [6.07, 6.45) is 0.897. The second-order valence-corrected chi connectivity index (χ2v) is 4.93. The Morgan fingerprint density at radius 1 is 1.36 bits per heavy atom. The Morgan fingerprint density at radius 2 is 2.00 bits per heavy atom. The maximum Gasteiger partial charge on any atom is 0.305 e. The van der Waals surface area contributed by atoms with Crippen LogP contribution in [0, 0.1) is 0 Å². The first-order valence-electron chi connectivity index (χ1n) is 4.69. The normalized spacial score (nSPS) is 14.8. The molecule has 0 bridgehead atoms. The van der Waals surface area contributed by atoms with E-state index in [4.69, 9.17) is 14.8 Å². The fourth-order valence-corrected chi connectivity index (χ4v) is 2.13. The van der Waals surface area contributed by atoms with Crippen LogP contribution in [-0.4, -0.2) is 25.3 Å². The Labute approximate surface area is 84.5 Å². The van der Waals surface area contributed by atoms with Gasteiger partial charge in [0.25, 0.3) is 7.52 Å². The van der Waals surface area contributed by atoms with Crippen LogP contribution in [0.5, 0.6) is 0 Å². The van der Waals surface area contributed by atoms with Gasteiger partial charge in [0.15, 0.2) is 0 Å². The van der Waals surface area contributed by atoms with Crippen molar-refractivity contribution in [2.45, 2.75) is 26.7 Å². The second-order valence-electron chi connectivity index (χ2n) is 2.78. The molecule has 0 rings (SSSR count). The van der Waals surface area contributed by atoms with Crippen molar-refractivity contribution in [2.24, 2.45) is 5.50 Å². The van der Waals surface area contributed by atoms with Crippen LogP contribution in [0.4, 0.5) is 0 Å². The van der Waals surface area contributed by atoms with Gasteiger partial charge in [0.1, 0.15) is 0 Å². The van der Waals surface area contributed by atoms with E-state index in [0.29, 0.717) is 19.6 Å². The smallest absolute Gasteiger partial charge is 0.305 e. The third-order valence-corrected chi connectivity index (χ3v) is 3.14. The molecule has 0 aliphatic rings. The maximum absolute atomic E-state index is 11.4. The van der Waals surface area contributed by atoms with E-state index in [0.717, 1.165) is 0 Å². The van der Waals surface area contributed by atoms with Crippen molar-refractivity contribution in [2.75, 3.05) is 19.4 Å². The van der Waals surface area contributed by atoms with Crippen LogP contribution < -0.4 is 5.50 Å². The Hall–Kier alpha value is -0.380. The lowest BCUT2D eigenvalue weighted by Crippen LogP contribution is -2.08. The van der Waals surface area contributed by atoms with Gasteiger partial charge in [-0.15, -0.1) is 0 Å². The molecule has 0 aliphatic heterocycles. The van der Waals surface area contributed by atoms with E-state index in [1.165, 1.54) is 0 Å². The van der Waals surface area contributed by atoms with Crippen molar-refractivity contribution in [3.05, 3.63) is 0 Å². The molecule has 14 heavy (non-hydrogen) atoms. The highest BCUT2D eigenvalue weighted by atomic mass is 31.2. The van der Waals surface area contributed by atoms with Crippen molar-refractivity contribution in [3.63, 3.8) is 0 Å². The first-order chi connectivity index (χ1) is 6.52. The van der Waals surface area contributed by atoms with Crippen molar-refractivity contribution in [1.29, 1.82) is 0 Å². The average Bonchev–Trinajstić information content (AvgIpc) is 2.03. The predicted molar refractivity (Wildman–Crippen MR) is 54.2 cm³/mol. The van der Waals surface area contributed by atoms with Gasteiger partial charge in [0.2, 0.25) is 0 Å². The lowest BCUT2D eigenvalue weighted by Gasteiger charge is -2.11. The summed E-state index contributed by atoms with van der Waals surface area (Å²) in [5, 5.41) is 0. The molecule has 0 amide bonds. The molecule has 1 atom stereocenters. The standard InChI is InChI=1S/C8H18NO4P/c1-3-12-8(10)6-5-7-14(9,11)13-4-2/h3-7H2,1-2H3,(H2,9,11). The molecule has 0 saturated heterocycles. The van der Waals surface area contributed by atoms with E-state index in [-0.39, 0.29) is 18.6 Å². The summed E-state index contributed by atoms with van der Waals surface area (Å²) in [6.45, 7) is 4.16. The van der Waals surface area contributed by atoms with Crippen LogP contribution in [0.1, 0.15) is 26.7 Å². The molecule has 0 fully saturated rings. The molecule has 0 saturated carbocycles. The Balaban J connectivity index is 3.62. The third kappa shape index (κ3) is 7.06. The number of ether oxygens (including phenoxy) is 1. The Bertz CT molecular complexity index is 219. The van der Waals surface area contributed by atoms with Gasteiger partial charge in [0, 0.05) is 12.6 Å². The number of hydrogen-bond acceptors (Lipinski definition) is 4. The van der Waals surface area contributed by atoms with Crippen LogP contribution in [-0.2, 0) is 18.6 Å². The SMILES string of the molecule is CCOC(=O)CCCP(N)(=O)OCC. The first kappa shape index (κ1) is 13.6. The van der Waals surface area contributed by atoms with Crippen LogP contribution in [0.15, 0.2) is 0 Å². The van der Waals surface area contributed by atoms with Crippen LogP contribution in [0.2, 0.25) is 0 Å². The molecule has 0 aromatic rings. The summed E-state index contributed by atoms with van der Waals surface area (Å²) >= 11 is 0. The summed E-state index contributed by atoms with van der Waals surface area (Å²) in [4.78, 5) is 10.9. The molecule has 0 aromatic heterocycles. The minimum Gasteiger partial charge on any atom is -0.466 e. The van der Waals surface area contributed by atoms with Crippen molar-refractivity contribution >= 4 is 13.5 Å². The van der Waals surface area contributed by atoms with E-state index in [2.05, 4.69) is 0 Å². The number of rotatable bonds is 7. The predicted octanol–water partition coefficient (Wildman–Crippen LogP) is 1.52. The van der Waals surface area contributed by atoms with Gasteiger partial charge < -0.3 is 9.26 Å². The molecule has 2 N–H and O–H groups in total. The number of esters is 1. The van der Waals surface area contributed by atoms with Gasteiger partial charge in [-0.25, -0.2) is 0 Å². The van der Waals surface area contributed by atoms with Gasteiger partial charge in [-0.3, -0.25) is 14.9 Å². The number of hydrogen-bond donors (Lipinski definition) is 1. The third-order valence-electron chi connectivity index (χ3n) is 1.50. The molecule has 84 valence electrons. The molecule has 0 spiro atoms. The van der Waals surface area contributed by atoms with Gasteiger partial charge in [-0.2, -0.15) is 0 Å². The number of carbonyl (C=O) groups is 1. The monoisotopic (exact) mass is 223 g/mol. The molecular weight excluding hydrogens is 205 g/mol. The second kappa shape index (κ2) is 6.98. The molecule has 0 aromatic carbocycles. The quantitative estimate of drug-likeness (QED) is 0.523. The molecular formula is C8H18NO4P. The highest BCUT2D eigenvalue weighted by Gasteiger charge is 2.16. The lowest BCUT2D eigenvalue weighted by atomic mass is 10.3. The van der Waals surface area contributed by atoms with Gasteiger partial charge in [-0.05, 0) is 20.3 Å². The summed E-state index contributed by atoms with van der Waals surface area (Å²) < 4.78 is 20.9. The maximum atomic E-state index is 11.4. The molecule has 0 heterocycles. The molecule has 5 nitrogen and oxygen atoms in total. The van der Waals surface area contributed by atoms with E-state index >= 15 is 0 Å². The number of nitrogens with two attached hydrogens (primary N) is 1. The fraction of sp³-hybridized carbons (Fsp3) is 0.875. The number of carbonyl (C=O) groups excluding carboxylic acids is 1. The molecule has 0 aliphatic carbocycles. The summed E-state index contributed by atoms with van der Waals surface area (Å²) in [5.74, 6) is -0.288. The zero-order valence-electron chi connectivity index (χ0n) is 8.69. The Morgan fingerprint density at radius 3 is 2.50 bits per heavy atom. The van der Waals surface area contributed by atoms with Gasteiger partial charge in [0.05, 0.1) is 13.2 Å². The van der Waals surface area contributed by atoms with Crippen LogP contribution >= 0.6 is 7.52 Å². The fourth-order valence-electron chi connectivity index (χ4n) is 0.960. The molecule has 6 heteroatoms. The van der Waals surface area contributed by atoms with Crippen LogP contribution in [0.3, 0.4) is 0 Å². The van der Waals surface area contributed by atoms with E-state index in [1.54, 1.807) is 13.8 Å². The van der Waals surface area contributed by atoms with E-state index in [9.17, 15) is 9.36 Å². The topological polar surface area (TPSA) is 78.6 Å². The van der Waals surface area contributed by atoms with Crippen molar-refractivity contribution < 1.29 is 18.6 Å². The molecule has 1 unspecified atom stereocenters. The Kier molecular flexibility index (Phi) is 6.79. The minimum atomic E-state index is -2.98. The zero-order valence-corrected chi connectivity index (χ0v) is 9.59. The highest BCUT2D eigenvalue weighted by Crippen LogP contribution is 2.38. The average molecular weight is 223 g/mol. The largest absolute Gasteiger partial charge is 0.466 e. The lowest BCUT2D eigenvalue weighted by molar-refractivity contribution is -0.143. The zero-order chi connectivity index (χ0) is 11.0. The van der Waals surface area contributed by atoms with E-state index in [1.807, 2.05) is 0 Å². The summed E-state index contributed by atoms with van der Waals surface area (Å²) in [5.41, 5.74) is 5.37. The highest BCUT2D eigenvalue weighted by molar-refractivity contribution is 7.56. The first-order valence-corrected chi connectivity index (χ1v) is 6.57. The van der Waals surface area contributed by atoms with E-state index < -0.39 is 7.52 Å².